The lowest BCUT2D eigenvalue weighted by Gasteiger charge is -2.13. The van der Waals surface area contributed by atoms with E-state index in [1.165, 1.54) is 0 Å². The van der Waals surface area contributed by atoms with Crippen molar-refractivity contribution in [2.24, 2.45) is 0 Å². The molecule has 0 bridgehead atoms. The highest BCUT2D eigenvalue weighted by molar-refractivity contribution is 5.75. The van der Waals surface area contributed by atoms with Crippen molar-refractivity contribution in [3.05, 3.63) is 29.6 Å². The standard InChI is InChI=1S/C11H15NO2/c1-7(2)9-5-4-6-12-10(9)8(3)11(13)14/h4-8H,1-3H3,(H,13,14). The summed E-state index contributed by atoms with van der Waals surface area (Å²) in [5, 5.41) is 8.90. The van der Waals surface area contributed by atoms with Crippen LogP contribution in [0.4, 0.5) is 0 Å². The number of carboxylic acids is 1. The molecule has 1 aromatic rings. The third kappa shape index (κ3) is 2.10. The zero-order chi connectivity index (χ0) is 10.7. The van der Waals surface area contributed by atoms with Crippen molar-refractivity contribution in [2.45, 2.75) is 32.6 Å². The highest BCUT2D eigenvalue weighted by Crippen LogP contribution is 2.23. The molecule has 3 heteroatoms. The molecule has 0 spiro atoms. The summed E-state index contributed by atoms with van der Waals surface area (Å²) < 4.78 is 0. The summed E-state index contributed by atoms with van der Waals surface area (Å²) in [6, 6.07) is 3.78. The number of hydrogen-bond donors (Lipinski definition) is 1. The van der Waals surface area contributed by atoms with E-state index in [1.807, 2.05) is 26.0 Å². The second-order valence-electron chi connectivity index (χ2n) is 3.69. The van der Waals surface area contributed by atoms with Gasteiger partial charge in [-0.25, -0.2) is 0 Å². The molecule has 1 atom stereocenters. The number of carboxylic acid groups (broad SMARTS) is 1. The lowest BCUT2D eigenvalue weighted by Crippen LogP contribution is -2.12. The van der Waals surface area contributed by atoms with E-state index < -0.39 is 11.9 Å². The van der Waals surface area contributed by atoms with Crippen LogP contribution in [0.25, 0.3) is 0 Å². The van der Waals surface area contributed by atoms with Crippen LogP contribution in [0.2, 0.25) is 0 Å². The normalized spacial score (nSPS) is 12.9. The van der Waals surface area contributed by atoms with Crippen LogP contribution in [0.15, 0.2) is 18.3 Å². The van der Waals surface area contributed by atoms with Gasteiger partial charge in [-0.1, -0.05) is 19.9 Å². The Hall–Kier alpha value is -1.38. The van der Waals surface area contributed by atoms with Gasteiger partial charge in [0.05, 0.1) is 11.6 Å². The summed E-state index contributed by atoms with van der Waals surface area (Å²) in [7, 11) is 0. The zero-order valence-electron chi connectivity index (χ0n) is 8.69. The van der Waals surface area contributed by atoms with Crippen molar-refractivity contribution < 1.29 is 9.90 Å². The van der Waals surface area contributed by atoms with Crippen LogP contribution in [0.3, 0.4) is 0 Å². The number of aromatic nitrogens is 1. The van der Waals surface area contributed by atoms with Gasteiger partial charge in [0.25, 0.3) is 0 Å². The van der Waals surface area contributed by atoms with Crippen LogP contribution in [0, 0.1) is 0 Å². The first-order valence-corrected chi connectivity index (χ1v) is 4.71. The van der Waals surface area contributed by atoms with Crippen molar-refractivity contribution in [3.8, 4) is 0 Å². The van der Waals surface area contributed by atoms with E-state index in [9.17, 15) is 4.79 Å². The van der Waals surface area contributed by atoms with E-state index in [4.69, 9.17) is 5.11 Å². The zero-order valence-corrected chi connectivity index (χ0v) is 8.69. The lowest BCUT2D eigenvalue weighted by molar-refractivity contribution is -0.138. The molecular weight excluding hydrogens is 178 g/mol. The summed E-state index contributed by atoms with van der Waals surface area (Å²) in [6.07, 6.45) is 1.64. The van der Waals surface area contributed by atoms with Gasteiger partial charge in [-0.15, -0.1) is 0 Å². The van der Waals surface area contributed by atoms with E-state index in [2.05, 4.69) is 4.98 Å². The molecule has 1 unspecified atom stereocenters. The van der Waals surface area contributed by atoms with Gasteiger partial charge in [0.15, 0.2) is 0 Å². The van der Waals surface area contributed by atoms with Crippen molar-refractivity contribution >= 4 is 5.97 Å². The monoisotopic (exact) mass is 193 g/mol. The largest absolute Gasteiger partial charge is 0.481 e. The third-order valence-corrected chi connectivity index (χ3v) is 2.27. The first kappa shape index (κ1) is 10.7. The number of hydrogen-bond acceptors (Lipinski definition) is 2. The molecule has 0 amide bonds. The smallest absolute Gasteiger partial charge is 0.312 e. The first-order valence-electron chi connectivity index (χ1n) is 4.71. The molecule has 14 heavy (non-hydrogen) atoms. The van der Waals surface area contributed by atoms with E-state index >= 15 is 0 Å². The Kier molecular flexibility index (Phi) is 3.23. The molecule has 0 aliphatic rings. The average molecular weight is 193 g/mol. The van der Waals surface area contributed by atoms with Crippen molar-refractivity contribution in [3.63, 3.8) is 0 Å². The lowest BCUT2D eigenvalue weighted by atomic mass is 9.95. The molecule has 0 saturated carbocycles. The van der Waals surface area contributed by atoms with Crippen LogP contribution in [0.1, 0.15) is 43.9 Å². The topological polar surface area (TPSA) is 50.2 Å². The Morgan fingerprint density at radius 3 is 2.57 bits per heavy atom. The Morgan fingerprint density at radius 1 is 1.43 bits per heavy atom. The van der Waals surface area contributed by atoms with Crippen LogP contribution < -0.4 is 0 Å². The quantitative estimate of drug-likeness (QED) is 0.801. The summed E-state index contributed by atoms with van der Waals surface area (Å²) in [5.41, 5.74) is 1.69. The van der Waals surface area contributed by atoms with Gasteiger partial charge < -0.3 is 5.11 Å². The SMILES string of the molecule is CC(C)c1cccnc1C(C)C(=O)O. The van der Waals surface area contributed by atoms with E-state index in [0.717, 1.165) is 5.56 Å². The molecule has 3 nitrogen and oxygen atoms in total. The van der Waals surface area contributed by atoms with Crippen molar-refractivity contribution in [1.82, 2.24) is 4.98 Å². The maximum absolute atomic E-state index is 10.8. The van der Waals surface area contributed by atoms with Gasteiger partial charge in [0, 0.05) is 6.20 Å². The summed E-state index contributed by atoms with van der Waals surface area (Å²) in [5.74, 6) is -1.06. The second kappa shape index (κ2) is 4.22. The average Bonchev–Trinajstić information content (AvgIpc) is 2.16. The minimum absolute atomic E-state index is 0.306. The van der Waals surface area contributed by atoms with Crippen LogP contribution in [0.5, 0.6) is 0 Å². The molecule has 0 aliphatic carbocycles. The molecule has 0 aromatic carbocycles. The van der Waals surface area contributed by atoms with Crippen LogP contribution in [-0.2, 0) is 4.79 Å². The van der Waals surface area contributed by atoms with Gasteiger partial charge in [0.1, 0.15) is 0 Å². The highest BCUT2D eigenvalue weighted by Gasteiger charge is 2.19. The summed E-state index contributed by atoms with van der Waals surface area (Å²) in [6.45, 7) is 5.74. The van der Waals surface area contributed by atoms with E-state index in [-0.39, 0.29) is 0 Å². The molecular formula is C11H15NO2. The predicted molar refractivity (Wildman–Crippen MR) is 54.4 cm³/mol. The Bertz CT molecular complexity index is 334. The van der Waals surface area contributed by atoms with Crippen LogP contribution in [-0.4, -0.2) is 16.1 Å². The summed E-state index contributed by atoms with van der Waals surface area (Å²) >= 11 is 0. The van der Waals surface area contributed by atoms with Gasteiger partial charge in [-0.05, 0) is 24.5 Å². The Labute approximate surface area is 83.8 Å². The molecule has 76 valence electrons. The molecule has 0 radical (unpaired) electrons. The minimum atomic E-state index is -0.828. The third-order valence-electron chi connectivity index (χ3n) is 2.27. The molecule has 1 N–H and O–H groups in total. The first-order chi connectivity index (χ1) is 6.54. The number of pyridine rings is 1. The highest BCUT2D eigenvalue weighted by atomic mass is 16.4. The van der Waals surface area contributed by atoms with Crippen LogP contribution >= 0.6 is 0 Å². The maximum Gasteiger partial charge on any atom is 0.312 e. The maximum atomic E-state index is 10.8. The molecule has 1 rings (SSSR count). The summed E-state index contributed by atoms with van der Waals surface area (Å²) in [4.78, 5) is 15.0. The predicted octanol–water partition coefficient (Wildman–Crippen LogP) is 2.39. The second-order valence-corrected chi connectivity index (χ2v) is 3.69. The van der Waals surface area contributed by atoms with E-state index in [0.29, 0.717) is 11.6 Å². The number of rotatable bonds is 3. The van der Waals surface area contributed by atoms with Gasteiger partial charge in [0.2, 0.25) is 0 Å². The van der Waals surface area contributed by atoms with Gasteiger partial charge in [-0.2, -0.15) is 0 Å². The molecule has 1 heterocycles. The fourth-order valence-electron chi connectivity index (χ4n) is 1.40. The molecule has 0 saturated heterocycles. The van der Waals surface area contributed by atoms with E-state index in [1.54, 1.807) is 13.1 Å². The van der Waals surface area contributed by atoms with Gasteiger partial charge in [-0.3, -0.25) is 9.78 Å². The number of aliphatic carboxylic acids is 1. The number of nitrogens with zero attached hydrogens (tertiary/aromatic N) is 1. The fraction of sp³-hybridized carbons (Fsp3) is 0.455. The fourth-order valence-corrected chi connectivity index (χ4v) is 1.40. The molecule has 0 aliphatic heterocycles. The van der Waals surface area contributed by atoms with Crippen molar-refractivity contribution in [1.29, 1.82) is 0 Å². The molecule has 0 fully saturated rings. The Morgan fingerprint density at radius 2 is 2.07 bits per heavy atom. The Balaban J connectivity index is 3.13. The number of carbonyl (C=O) groups is 1. The molecule has 1 aromatic heterocycles. The minimum Gasteiger partial charge on any atom is -0.481 e. The van der Waals surface area contributed by atoms with Crippen molar-refractivity contribution in [2.75, 3.05) is 0 Å². The van der Waals surface area contributed by atoms with Gasteiger partial charge >= 0.3 is 5.97 Å².